The van der Waals surface area contributed by atoms with Crippen LogP contribution in [-0.2, 0) is 0 Å². The summed E-state index contributed by atoms with van der Waals surface area (Å²) in [4.78, 5) is 12.3. The molecule has 0 unspecified atom stereocenters. The minimum atomic E-state index is -0.938. The number of halogens is 1. The van der Waals surface area contributed by atoms with Crippen LogP contribution in [0.15, 0.2) is 24.3 Å². The maximum atomic E-state index is 13.0. The van der Waals surface area contributed by atoms with Gasteiger partial charge in [-0.25, -0.2) is 9.18 Å². The van der Waals surface area contributed by atoms with Crippen LogP contribution in [0.3, 0.4) is 0 Å². The Morgan fingerprint density at radius 3 is 2.32 bits per heavy atom. The SMILES string of the molecule is Cc1nn(C(C)C)c(C)c1NC(=O)N[C@@H](C)[C@@H](O)c1ccc(F)cc1. The largest absolute Gasteiger partial charge is 0.386 e. The van der Waals surface area contributed by atoms with Crippen molar-refractivity contribution in [2.24, 2.45) is 0 Å². The van der Waals surface area contributed by atoms with Crippen molar-refractivity contribution in [3.63, 3.8) is 0 Å². The van der Waals surface area contributed by atoms with Crippen molar-refractivity contribution in [1.29, 1.82) is 0 Å². The van der Waals surface area contributed by atoms with Crippen LogP contribution < -0.4 is 10.6 Å². The molecule has 1 heterocycles. The fraction of sp³-hybridized carbons (Fsp3) is 0.444. The predicted molar refractivity (Wildman–Crippen MR) is 95.1 cm³/mol. The average molecular weight is 348 g/mol. The molecule has 0 aliphatic carbocycles. The molecule has 2 amide bonds. The van der Waals surface area contributed by atoms with Crippen LogP contribution in [0.1, 0.15) is 49.9 Å². The highest BCUT2D eigenvalue weighted by molar-refractivity contribution is 5.90. The smallest absolute Gasteiger partial charge is 0.319 e. The maximum Gasteiger partial charge on any atom is 0.319 e. The van der Waals surface area contributed by atoms with Gasteiger partial charge in [0.25, 0.3) is 0 Å². The van der Waals surface area contributed by atoms with Crippen molar-refractivity contribution < 1.29 is 14.3 Å². The number of amides is 2. The third-order valence-electron chi connectivity index (χ3n) is 4.10. The highest BCUT2D eigenvalue weighted by Gasteiger charge is 2.20. The molecule has 7 heteroatoms. The van der Waals surface area contributed by atoms with Crippen molar-refractivity contribution >= 4 is 11.7 Å². The molecule has 3 N–H and O–H groups in total. The van der Waals surface area contributed by atoms with Crippen LogP contribution in [0, 0.1) is 19.7 Å². The van der Waals surface area contributed by atoms with Gasteiger partial charge in [-0.3, -0.25) is 4.68 Å². The molecule has 6 nitrogen and oxygen atoms in total. The first-order valence-corrected chi connectivity index (χ1v) is 8.27. The summed E-state index contributed by atoms with van der Waals surface area (Å²) in [6.45, 7) is 9.45. The fourth-order valence-corrected chi connectivity index (χ4v) is 2.73. The molecule has 0 aliphatic heterocycles. The molecule has 0 fully saturated rings. The summed E-state index contributed by atoms with van der Waals surface area (Å²) in [5, 5.41) is 20.2. The van der Waals surface area contributed by atoms with Gasteiger partial charge in [-0.2, -0.15) is 5.10 Å². The highest BCUT2D eigenvalue weighted by atomic mass is 19.1. The second-order valence-electron chi connectivity index (χ2n) is 6.47. The molecule has 1 aromatic heterocycles. The Morgan fingerprint density at radius 1 is 1.20 bits per heavy atom. The van der Waals surface area contributed by atoms with Gasteiger partial charge in [-0.1, -0.05) is 12.1 Å². The predicted octanol–water partition coefficient (Wildman–Crippen LogP) is 3.46. The Morgan fingerprint density at radius 2 is 1.80 bits per heavy atom. The first-order valence-electron chi connectivity index (χ1n) is 8.27. The number of urea groups is 1. The minimum Gasteiger partial charge on any atom is -0.386 e. The van der Waals surface area contributed by atoms with Crippen LogP contribution in [0.25, 0.3) is 0 Å². The van der Waals surface area contributed by atoms with Crippen LogP contribution >= 0.6 is 0 Å². The van der Waals surface area contributed by atoms with Crippen LogP contribution in [-0.4, -0.2) is 27.0 Å². The summed E-state index contributed by atoms with van der Waals surface area (Å²) in [6.07, 6.45) is -0.938. The monoisotopic (exact) mass is 348 g/mol. The van der Waals surface area contributed by atoms with E-state index in [9.17, 15) is 14.3 Å². The zero-order valence-corrected chi connectivity index (χ0v) is 15.2. The first-order chi connectivity index (χ1) is 11.7. The summed E-state index contributed by atoms with van der Waals surface area (Å²) in [7, 11) is 0. The Bertz CT molecular complexity index is 740. The zero-order valence-electron chi connectivity index (χ0n) is 15.2. The van der Waals surface area contributed by atoms with E-state index in [1.54, 1.807) is 6.92 Å². The molecule has 0 saturated heterocycles. The fourth-order valence-electron chi connectivity index (χ4n) is 2.73. The third kappa shape index (κ3) is 4.36. The van der Waals surface area contributed by atoms with E-state index >= 15 is 0 Å². The number of nitrogens with zero attached hydrogens (tertiary/aromatic N) is 2. The average Bonchev–Trinajstić information content (AvgIpc) is 2.83. The number of carbonyl (C=O) groups is 1. The van der Waals surface area contributed by atoms with Crippen LogP contribution in [0.5, 0.6) is 0 Å². The number of nitrogens with one attached hydrogen (secondary N) is 2. The van der Waals surface area contributed by atoms with Crippen molar-refractivity contribution in [3.05, 3.63) is 47.0 Å². The number of aromatic nitrogens is 2. The molecule has 25 heavy (non-hydrogen) atoms. The van der Waals surface area contributed by atoms with E-state index in [1.807, 2.05) is 32.4 Å². The number of anilines is 1. The molecule has 2 rings (SSSR count). The van der Waals surface area contributed by atoms with Gasteiger partial charge in [0.05, 0.1) is 29.2 Å². The quantitative estimate of drug-likeness (QED) is 0.774. The zero-order chi connectivity index (χ0) is 18.7. The van der Waals surface area contributed by atoms with Gasteiger partial charge >= 0.3 is 6.03 Å². The molecule has 0 saturated carbocycles. The molecule has 2 atom stereocenters. The van der Waals surface area contributed by atoms with Gasteiger partial charge in [0, 0.05) is 6.04 Å². The summed E-state index contributed by atoms with van der Waals surface area (Å²) in [5.41, 5.74) is 2.80. The van der Waals surface area contributed by atoms with Crippen molar-refractivity contribution in [1.82, 2.24) is 15.1 Å². The van der Waals surface area contributed by atoms with E-state index < -0.39 is 18.2 Å². The number of benzene rings is 1. The van der Waals surface area contributed by atoms with Crippen molar-refractivity contribution in [2.45, 2.75) is 52.8 Å². The van der Waals surface area contributed by atoms with Crippen LogP contribution in [0.4, 0.5) is 14.9 Å². The van der Waals surface area contributed by atoms with E-state index in [0.717, 1.165) is 11.4 Å². The summed E-state index contributed by atoms with van der Waals surface area (Å²) >= 11 is 0. The number of hydrogen-bond acceptors (Lipinski definition) is 3. The number of aryl methyl sites for hydroxylation is 1. The van der Waals surface area contributed by atoms with E-state index in [2.05, 4.69) is 15.7 Å². The standard InChI is InChI=1S/C18H25FN4O2/c1-10(2)23-13(5)16(11(3)22-23)21-18(25)20-12(4)17(24)14-6-8-15(19)9-7-14/h6-10,12,17,24H,1-5H3,(H2,20,21,25)/t12-,17+/m0/s1. The second kappa shape index (κ2) is 7.65. The Balaban J connectivity index is 2.03. The number of rotatable bonds is 5. The lowest BCUT2D eigenvalue weighted by molar-refractivity contribution is 0.139. The molecule has 0 radical (unpaired) electrons. The van der Waals surface area contributed by atoms with Crippen molar-refractivity contribution in [2.75, 3.05) is 5.32 Å². The second-order valence-corrected chi connectivity index (χ2v) is 6.47. The van der Waals surface area contributed by atoms with Gasteiger partial charge in [-0.05, 0) is 52.3 Å². The molecule has 1 aromatic carbocycles. The first kappa shape index (κ1) is 18.9. The van der Waals surface area contributed by atoms with E-state index in [4.69, 9.17) is 0 Å². The van der Waals surface area contributed by atoms with E-state index in [-0.39, 0.29) is 11.9 Å². The Hall–Kier alpha value is -2.41. The van der Waals surface area contributed by atoms with E-state index in [0.29, 0.717) is 11.3 Å². The van der Waals surface area contributed by atoms with E-state index in [1.165, 1.54) is 24.3 Å². The third-order valence-corrected chi connectivity index (χ3v) is 4.10. The number of aliphatic hydroxyl groups excluding tert-OH is 1. The molecular weight excluding hydrogens is 323 g/mol. The number of aliphatic hydroxyl groups is 1. The Kier molecular flexibility index (Phi) is 5.79. The van der Waals surface area contributed by atoms with Gasteiger partial charge in [0.15, 0.2) is 0 Å². The van der Waals surface area contributed by atoms with Gasteiger partial charge < -0.3 is 15.7 Å². The molecule has 0 bridgehead atoms. The lowest BCUT2D eigenvalue weighted by Gasteiger charge is -2.21. The normalized spacial score (nSPS) is 13.6. The topological polar surface area (TPSA) is 79.2 Å². The Labute approximate surface area is 147 Å². The molecule has 2 aromatic rings. The summed E-state index contributed by atoms with van der Waals surface area (Å²) in [6, 6.07) is 4.76. The lowest BCUT2D eigenvalue weighted by Crippen LogP contribution is -2.39. The van der Waals surface area contributed by atoms with Crippen LogP contribution in [0.2, 0.25) is 0 Å². The molecule has 136 valence electrons. The maximum absolute atomic E-state index is 13.0. The van der Waals surface area contributed by atoms with Gasteiger partial charge in [0.2, 0.25) is 0 Å². The molecular formula is C18H25FN4O2. The highest BCUT2D eigenvalue weighted by Crippen LogP contribution is 2.22. The van der Waals surface area contributed by atoms with Gasteiger partial charge in [0.1, 0.15) is 5.82 Å². The van der Waals surface area contributed by atoms with Gasteiger partial charge in [-0.15, -0.1) is 0 Å². The number of hydrogen-bond donors (Lipinski definition) is 3. The summed E-state index contributed by atoms with van der Waals surface area (Å²) in [5.74, 6) is -0.373. The minimum absolute atomic E-state index is 0.191. The summed E-state index contributed by atoms with van der Waals surface area (Å²) < 4.78 is 14.8. The molecule has 0 aliphatic rings. The lowest BCUT2D eigenvalue weighted by atomic mass is 10.0. The van der Waals surface area contributed by atoms with Crippen molar-refractivity contribution in [3.8, 4) is 0 Å². The molecule has 0 spiro atoms. The number of carbonyl (C=O) groups excluding carboxylic acids is 1.